The summed E-state index contributed by atoms with van der Waals surface area (Å²) in [5.41, 5.74) is 8.43. The van der Waals surface area contributed by atoms with Crippen LogP contribution in [0.5, 0.6) is 0 Å². The summed E-state index contributed by atoms with van der Waals surface area (Å²) >= 11 is 5.87. The second-order valence-electron chi connectivity index (χ2n) is 4.33. The van der Waals surface area contributed by atoms with Crippen LogP contribution in [0.2, 0.25) is 5.15 Å². The quantitative estimate of drug-likeness (QED) is 0.778. The van der Waals surface area contributed by atoms with E-state index in [9.17, 15) is 0 Å². The van der Waals surface area contributed by atoms with Gasteiger partial charge in [-0.2, -0.15) is 0 Å². The largest absolute Gasteiger partial charge is 0.330 e. The molecule has 1 saturated carbocycles. The number of aryl methyl sites for hydroxylation is 1. The number of nitrogens with two attached hydrogens (primary N) is 1. The van der Waals surface area contributed by atoms with Crippen LogP contribution in [0, 0.1) is 12.3 Å². The highest BCUT2D eigenvalue weighted by Crippen LogP contribution is 2.47. The van der Waals surface area contributed by atoms with Gasteiger partial charge >= 0.3 is 0 Å². The Morgan fingerprint density at radius 2 is 2.29 bits per heavy atom. The van der Waals surface area contributed by atoms with Crippen LogP contribution < -0.4 is 5.73 Å². The molecule has 0 saturated heterocycles. The topological polar surface area (TPSA) is 38.9 Å². The minimum atomic E-state index is 0.377. The molecule has 2 N–H and O–H groups in total. The number of nitrogens with zero attached hydrogens (tertiary/aromatic N) is 1. The predicted octanol–water partition coefficient (Wildman–Crippen LogP) is 2.32. The first-order valence-electron chi connectivity index (χ1n) is 4.96. The van der Waals surface area contributed by atoms with Crippen LogP contribution in [0.4, 0.5) is 0 Å². The Balaban J connectivity index is 2.14. The van der Waals surface area contributed by atoms with E-state index in [1.165, 1.54) is 18.4 Å². The average Bonchev–Trinajstić information content (AvgIpc) is 2.93. The highest BCUT2D eigenvalue weighted by Gasteiger charge is 2.40. The van der Waals surface area contributed by atoms with E-state index in [2.05, 4.69) is 11.1 Å². The smallest absolute Gasteiger partial charge is 0.131 e. The molecule has 0 spiro atoms. The SMILES string of the molecule is Cc1cc(CC2(CN)CC2)cnc1Cl. The lowest BCUT2D eigenvalue weighted by atomic mass is 9.97. The van der Waals surface area contributed by atoms with Gasteiger partial charge in [-0.25, -0.2) is 4.98 Å². The zero-order chi connectivity index (χ0) is 10.2. The van der Waals surface area contributed by atoms with Gasteiger partial charge in [-0.05, 0) is 49.3 Å². The summed E-state index contributed by atoms with van der Waals surface area (Å²) in [4.78, 5) is 4.15. The van der Waals surface area contributed by atoms with Gasteiger partial charge in [-0.1, -0.05) is 17.7 Å². The molecule has 1 aromatic rings. The monoisotopic (exact) mass is 210 g/mol. The highest BCUT2D eigenvalue weighted by atomic mass is 35.5. The lowest BCUT2D eigenvalue weighted by Gasteiger charge is -2.12. The van der Waals surface area contributed by atoms with E-state index >= 15 is 0 Å². The number of hydrogen-bond acceptors (Lipinski definition) is 2. The van der Waals surface area contributed by atoms with Crippen LogP contribution in [0.1, 0.15) is 24.0 Å². The third-order valence-corrected chi connectivity index (χ3v) is 3.44. The van der Waals surface area contributed by atoms with Crippen molar-refractivity contribution in [2.45, 2.75) is 26.2 Å². The summed E-state index contributed by atoms with van der Waals surface area (Å²) in [7, 11) is 0. The molecule has 1 aromatic heterocycles. The first kappa shape index (κ1) is 9.94. The maximum atomic E-state index is 5.87. The Bertz CT molecular complexity index is 345. The van der Waals surface area contributed by atoms with E-state index < -0.39 is 0 Å². The van der Waals surface area contributed by atoms with Crippen molar-refractivity contribution in [1.82, 2.24) is 4.98 Å². The first-order chi connectivity index (χ1) is 6.65. The third kappa shape index (κ3) is 1.91. The van der Waals surface area contributed by atoms with E-state index in [1.54, 1.807) is 0 Å². The summed E-state index contributed by atoms with van der Waals surface area (Å²) in [6, 6.07) is 2.12. The summed E-state index contributed by atoms with van der Waals surface area (Å²) in [5, 5.41) is 0.603. The van der Waals surface area contributed by atoms with Gasteiger partial charge in [0, 0.05) is 6.20 Å². The fourth-order valence-electron chi connectivity index (χ4n) is 1.78. The summed E-state index contributed by atoms with van der Waals surface area (Å²) < 4.78 is 0. The molecule has 0 amide bonds. The number of pyridine rings is 1. The summed E-state index contributed by atoms with van der Waals surface area (Å²) in [6.45, 7) is 2.77. The molecule has 1 aliphatic carbocycles. The molecule has 3 heteroatoms. The van der Waals surface area contributed by atoms with Crippen molar-refractivity contribution in [3.8, 4) is 0 Å². The molecular weight excluding hydrogens is 196 g/mol. The van der Waals surface area contributed by atoms with Gasteiger partial charge in [-0.15, -0.1) is 0 Å². The van der Waals surface area contributed by atoms with Gasteiger partial charge in [0.15, 0.2) is 0 Å². The minimum absolute atomic E-state index is 0.377. The Labute approximate surface area is 89.5 Å². The van der Waals surface area contributed by atoms with E-state index in [0.717, 1.165) is 18.5 Å². The molecule has 0 atom stereocenters. The first-order valence-corrected chi connectivity index (χ1v) is 5.34. The second kappa shape index (κ2) is 3.52. The zero-order valence-corrected chi connectivity index (χ0v) is 9.14. The number of rotatable bonds is 3. The van der Waals surface area contributed by atoms with Crippen LogP contribution in [-0.4, -0.2) is 11.5 Å². The van der Waals surface area contributed by atoms with Crippen LogP contribution in [0.3, 0.4) is 0 Å². The molecule has 1 aliphatic rings. The Kier molecular flexibility index (Phi) is 2.50. The van der Waals surface area contributed by atoms with Crippen LogP contribution >= 0.6 is 11.6 Å². The van der Waals surface area contributed by atoms with Crippen LogP contribution in [0.15, 0.2) is 12.3 Å². The second-order valence-corrected chi connectivity index (χ2v) is 4.69. The van der Waals surface area contributed by atoms with Crippen molar-refractivity contribution in [2.75, 3.05) is 6.54 Å². The van der Waals surface area contributed by atoms with Crippen LogP contribution in [-0.2, 0) is 6.42 Å². The zero-order valence-electron chi connectivity index (χ0n) is 8.39. The van der Waals surface area contributed by atoms with Crippen molar-refractivity contribution in [3.05, 3.63) is 28.5 Å². The van der Waals surface area contributed by atoms with Gasteiger partial charge in [0.25, 0.3) is 0 Å². The highest BCUT2D eigenvalue weighted by molar-refractivity contribution is 6.30. The Morgan fingerprint density at radius 3 is 2.79 bits per heavy atom. The van der Waals surface area contributed by atoms with Crippen LogP contribution in [0.25, 0.3) is 0 Å². The molecule has 0 unspecified atom stereocenters. The lowest BCUT2D eigenvalue weighted by Crippen LogP contribution is -2.18. The molecule has 0 bridgehead atoms. The fourth-order valence-corrected chi connectivity index (χ4v) is 1.88. The maximum Gasteiger partial charge on any atom is 0.131 e. The maximum absolute atomic E-state index is 5.87. The molecule has 0 aromatic carbocycles. The summed E-state index contributed by atoms with van der Waals surface area (Å²) in [6.07, 6.45) is 5.43. The molecule has 14 heavy (non-hydrogen) atoms. The van der Waals surface area contributed by atoms with E-state index in [1.807, 2.05) is 13.1 Å². The molecule has 2 nitrogen and oxygen atoms in total. The Hall–Kier alpha value is -0.600. The Morgan fingerprint density at radius 1 is 1.57 bits per heavy atom. The molecular formula is C11H15ClN2. The van der Waals surface area contributed by atoms with Gasteiger partial charge < -0.3 is 5.73 Å². The van der Waals surface area contributed by atoms with E-state index in [4.69, 9.17) is 17.3 Å². The van der Waals surface area contributed by atoms with Gasteiger partial charge in [0.1, 0.15) is 5.15 Å². The predicted molar refractivity (Wildman–Crippen MR) is 58.4 cm³/mol. The molecule has 1 heterocycles. The van der Waals surface area contributed by atoms with Crippen molar-refractivity contribution in [3.63, 3.8) is 0 Å². The lowest BCUT2D eigenvalue weighted by molar-refractivity contribution is 0.520. The van der Waals surface area contributed by atoms with E-state index in [0.29, 0.717) is 10.6 Å². The van der Waals surface area contributed by atoms with Crippen molar-refractivity contribution >= 4 is 11.6 Å². The molecule has 76 valence electrons. The number of hydrogen-bond donors (Lipinski definition) is 1. The average molecular weight is 211 g/mol. The molecule has 0 radical (unpaired) electrons. The normalized spacial score (nSPS) is 18.2. The van der Waals surface area contributed by atoms with Gasteiger partial charge in [0.05, 0.1) is 0 Å². The van der Waals surface area contributed by atoms with Crippen molar-refractivity contribution < 1.29 is 0 Å². The van der Waals surface area contributed by atoms with E-state index in [-0.39, 0.29) is 0 Å². The third-order valence-electron chi connectivity index (χ3n) is 3.04. The molecule has 0 aliphatic heterocycles. The van der Waals surface area contributed by atoms with Gasteiger partial charge in [0.2, 0.25) is 0 Å². The molecule has 2 rings (SSSR count). The fraction of sp³-hybridized carbons (Fsp3) is 0.545. The minimum Gasteiger partial charge on any atom is -0.330 e. The summed E-state index contributed by atoms with van der Waals surface area (Å²) in [5.74, 6) is 0. The number of halogens is 1. The van der Waals surface area contributed by atoms with Crippen molar-refractivity contribution in [1.29, 1.82) is 0 Å². The number of aromatic nitrogens is 1. The van der Waals surface area contributed by atoms with Gasteiger partial charge in [-0.3, -0.25) is 0 Å². The van der Waals surface area contributed by atoms with Crippen molar-refractivity contribution in [2.24, 2.45) is 11.1 Å². The molecule has 1 fully saturated rings. The standard InChI is InChI=1S/C11H15ClN2/c1-8-4-9(6-14-10(8)12)5-11(7-13)2-3-11/h4,6H,2-3,5,7,13H2,1H3.